The fraction of sp³-hybridized carbons (Fsp3) is 0.600. The van der Waals surface area contributed by atoms with Gasteiger partial charge in [0.25, 0.3) is 0 Å². The number of halogens is 3. The molecule has 1 saturated heterocycles. The number of aliphatic hydroxyl groups is 1. The van der Waals surface area contributed by atoms with Gasteiger partial charge in [-0.2, -0.15) is 18.2 Å². The number of rotatable bonds is 2. The number of anilines is 1. The lowest BCUT2D eigenvalue weighted by molar-refractivity contribution is -0.198. The topological polar surface area (TPSA) is 90.4 Å². The van der Waals surface area contributed by atoms with Crippen molar-refractivity contribution in [1.82, 2.24) is 9.55 Å². The van der Waals surface area contributed by atoms with E-state index in [1.54, 1.807) is 0 Å². The Morgan fingerprint density at radius 2 is 2.26 bits per heavy atom. The van der Waals surface area contributed by atoms with Crippen LogP contribution >= 0.6 is 0 Å². The molecule has 3 N–H and O–H groups in total. The molecule has 1 fully saturated rings. The molecule has 0 radical (unpaired) electrons. The maximum Gasteiger partial charge on any atom is 0.396 e. The summed E-state index contributed by atoms with van der Waals surface area (Å²) in [5.74, 6) is -1.95. The van der Waals surface area contributed by atoms with Gasteiger partial charge in [-0.3, -0.25) is 4.57 Å². The van der Waals surface area contributed by atoms with Crippen LogP contribution in [0.4, 0.5) is 19.0 Å². The molecule has 0 aliphatic carbocycles. The Bertz CT molecular complexity index is 517. The summed E-state index contributed by atoms with van der Waals surface area (Å²) in [5, 5.41) is 8.91. The molecule has 19 heavy (non-hydrogen) atoms. The highest BCUT2D eigenvalue weighted by molar-refractivity contribution is 5.23. The lowest BCUT2D eigenvalue weighted by Crippen LogP contribution is -2.35. The average Bonchev–Trinajstić information content (AvgIpc) is 2.72. The molecule has 0 amide bonds. The first kappa shape index (κ1) is 13.8. The molecule has 0 bridgehead atoms. The summed E-state index contributed by atoms with van der Waals surface area (Å²) in [6.45, 7) is -0.541. The molecule has 2 rings (SSSR count). The van der Waals surface area contributed by atoms with Crippen LogP contribution in [0, 0.1) is 5.92 Å². The van der Waals surface area contributed by atoms with E-state index in [-0.39, 0.29) is 5.82 Å². The Hall–Kier alpha value is -1.61. The number of hydrogen-bond acceptors (Lipinski definition) is 5. The van der Waals surface area contributed by atoms with Crippen LogP contribution in [0.2, 0.25) is 0 Å². The summed E-state index contributed by atoms with van der Waals surface area (Å²) in [4.78, 5) is 14.9. The average molecular weight is 279 g/mol. The van der Waals surface area contributed by atoms with E-state index in [0.29, 0.717) is 0 Å². The van der Waals surface area contributed by atoms with E-state index in [9.17, 15) is 18.0 Å². The van der Waals surface area contributed by atoms with E-state index in [1.807, 2.05) is 0 Å². The number of hydrogen-bond donors (Lipinski definition) is 2. The monoisotopic (exact) mass is 279 g/mol. The van der Waals surface area contributed by atoms with Crippen molar-refractivity contribution in [2.45, 2.75) is 24.9 Å². The Morgan fingerprint density at radius 3 is 2.79 bits per heavy atom. The number of ether oxygens (including phenoxy) is 1. The van der Waals surface area contributed by atoms with Gasteiger partial charge in [-0.1, -0.05) is 0 Å². The fourth-order valence-electron chi connectivity index (χ4n) is 2.04. The SMILES string of the molecule is Nc1ccn([C@@H]2O[C@H](CO)C[C@@H]2C(F)(F)F)c(=O)n1. The molecule has 0 spiro atoms. The first-order valence-electron chi connectivity index (χ1n) is 5.50. The number of alkyl halides is 3. The first-order valence-corrected chi connectivity index (χ1v) is 5.50. The van der Waals surface area contributed by atoms with Gasteiger partial charge < -0.3 is 15.6 Å². The summed E-state index contributed by atoms with van der Waals surface area (Å²) in [6, 6.07) is 1.21. The van der Waals surface area contributed by atoms with Crippen LogP contribution < -0.4 is 11.4 Å². The molecule has 1 aromatic rings. The van der Waals surface area contributed by atoms with Gasteiger partial charge in [0.1, 0.15) is 18.0 Å². The van der Waals surface area contributed by atoms with Gasteiger partial charge in [-0.05, 0) is 12.5 Å². The number of nitrogens with two attached hydrogens (primary N) is 1. The molecule has 1 aliphatic heterocycles. The molecule has 0 saturated carbocycles. The zero-order chi connectivity index (χ0) is 14.2. The molecule has 2 heterocycles. The smallest absolute Gasteiger partial charge is 0.394 e. The van der Waals surface area contributed by atoms with Crippen molar-refractivity contribution >= 4 is 5.82 Å². The predicted molar refractivity (Wildman–Crippen MR) is 58.1 cm³/mol. The second kappa shape index (κ2) is 4.82. The van der Waals surface area contributed by atoms with Crippen LogP contribution in [0.25, 0.3) is 0 Å². The van der Waals surface area contributed by atoms with Gasteiger partial charge in [0.2, 0.25) is 0 Å². The molecule has 6 nitrogen and oxygen atoms in total. The number of aliphatic hydroxyl groups excluding tert-OH is 1. The van der Waals surface area contributed by atoms with E-state index >= 15 is 0 Å². The highest BCUT2D eigenvalue weighted by Crippen LogP contribution is 2.44. The van der Waals surface area contributed by atoms with Gasteiger partial charge in [-0.25, -0.2) is 4.79 Å². The van der Waals surface area contributed by atoms with Crippen molar-refractivity contribution in [2.75, 3.05) is 12.3 Å². The lowest BCUT2D eigenvalue weighted by Gasteiger charge is -2.22. The first-order chi connectivity index (χ1) is 8.82. The largest absolute Gasteiger partial charge is 0.396 e. The second-order valence-electron chi connectivity index (χ2n) is 4.26. The molecule has 1 aliphatic rings. The predicted octanol–water partition coefficient (Wildman–Crippen LogP) is 0.284. The van der Waals surface area contributed by atoms with Crippen molar-refractivity contribution in [1.29, 1.82) is 0 Å². The highest BCUT2D eigenvalue weighted by atomic mass is 19.4. The van der Waals surface area contributed by atoms with Crippen LogP contribution in [0.3, 0.4) is 0 Å². The van der Waals surface area contributed by atoms with Gasteiger partial charge >= 0.3 is 11.9 Å². The van der Waals surface area contributed by atoms with Crippen LogP contribution in [0.15, 0.2) is 17.1 Å². The van der Waals surface area contributed by atoms with E-state index in [0.717, 1.165) is 10.8 Å². The second-order valence-corrected chi connectivity index (χ2v) is 4.26. The minimum atomic E-state index is -4.53. The molecule has 9 heteroatoms. The Morgan fingerprint density at radius 1 is 1.58 bits per heavy atom. The molecule has 106 valence electrons. The van der Waals surface area contributed by atoms with Gasteiger partial charge in [0.05, 0.1) is 12.7 Å². The zero-order valence-electron chi connectivity index (χ0n) is 9.67. The van der Waals surface area contributed by atoms with Crippen molar-refractivity contribution < 1.29 is 23.0 Å². The summed E-state index contributed by atoms with van der Waals surface area (Å²) in [5.41, 5.74) is 4.35. The van der Waals surface area contributed by atoms with Crippen molar-refractivity contribution in [3.05, 3.63) is 22.7 Å². The molecule has 3 atom stereocenters. The maximum atomic E-state index is 12.9. The van der Waals surface area contributed by atoms with Crippen LogP contribution in [0.5, 0.6) is 0 Å². The molecule has 0 aromatic carbocycles. The van der Waals surface area contributed by atoms with E-state index < -0.39 is 43.1 Å². The standard InChI is InChI=1S/C10H12F3N3O3/c11-10(12,13)6-3-5(4-17)19-8(6)16-2-1-7(14)15-9(16)18/h1-2,5-6,8,17H,3-4H2,(H2,14,15,18)/t5-,6-,8+/m0/s1. The normalized spacial score (nSPS) is 27.7. The number of nitrogen functional groups attached to an aromatic ring is 1. The third-order valence-corrected chi connectivity index (χ3v) is 2.94. The molecule has 1 aromatic heterocycles. The molecular weight excluding hydrogens is 267 g/mol. The Labute approximate surface area is 105 Å². The summed E-state index contributed by atoms with van der Waals surface area (Å²) < 4.78 is 44.5. The Balaban J connectivity index is 2.38. The quantitative estimate of drug-likeness (QED) is 0.811. The minimum Gasteiger partial charge on any atom is -0.394 e. The summed E-state index contributed by atoms with van der Waals surface area (Å²) in [6.07, 6.45) is -6.32. The summed E-state index contributed by atoms with van der Waals surface area (Å²) in [7, 11) is 0. The van der Waals surface area contributed by atoms with Gasteiger partial charge in [0, 0.05) is 6.20 Å². The fourth-order valence-corrected chi connectivity index (χ4v) is 2.04. The van der Waals surface area contributed by atoms with E-state index in [1.165, 1.54) is 6.07 Å². The van der Waals surface area contributed by atoms with Crippen molar-refractivity contribution in [2.24, 2.45) is 5.92 Å². The van der Waals surface area contributed by atoms with Gasteiger partial charge in [0.15, 0.2) is 0 Å². The van der Waals surface area contributed by atoms with Crippen LogP contribution in [-0.2, 0) is 4.74 Å². The highest BCUT2D eigenvalue weighted by Gasteiger charge is 2.52. The Kier molecular flexibility index (Phi) is 3.50. The van der Waals surface area contributed by atoms with Crippen molar-refractivity contribution in [3.63, 3.8) is 0 Å². The van der Waals surface area contributed by atoms with Crippen LogP contribution in [-0.4, -0.2) is 33.5 Å². The third-order valence-electron chi connectivity index (χ3n) is 2.94. The van der Waals surface area contributed by atoms with Gasteiger partial charge in [-0.15, -0.1) is 0 Å². The number of aromatic nitrogens is 2. The molecule has 0 unspecified atom stereocenters. The third kappa shape index (κ3) is 2.71. The minimum absolute atomic E-state index is 0.0819. The lowest BCUT2D eigenvalue weighted by atomic mass is 10.0. The van der Waals surface area contributed by atoms with Crippen LogP contribution in [0.1, 0.15) is 12.6 Å². The summed E-state index contributed by atoms with van der Waals surface area (Å²) >= 11 is 0. The van der Waals surface area contributed by atoms with Crippen molar-refractivity contribution in [3.8, 4) is 0 Å². The molecular formula is C10H12F3N3O3. The number of nitrogens with zero attached hydrogens (tertiary/aromatic N) is 2. The van der Waals surface area contributed by atoms with E-state index in [2.05, 4.69) is 4.98 Å². The zero-order valence-corrected chi connectivity index (χ0v) is 9.67. The maximum absolute atomic E-state index is 12.9. The van der Waals surface area contributed by atoms with E-state index in [4.69, 9.17) is 15.6 Å².